The van der Waals surface area contributed by atoms with Gasteiger partial charge in [0.15, 0.2) is 0 Å². The first-order chi connectivity index (χ1) is 8.75. The van der Waals surface area contributed by atoms with Gasteiger partial charge in [0.05, 0.1) is 6.10 Å². The summed E-state index contributed by atoms with van der Waals surface area (Å²) in [7, 11) is 0. The summed E-state index contributed by atoms with van der Waals surface area (Å²) in [6.07, 6.45) is 7.09. The van der Waals surface area contributed by atoms with E-state index in [0.29, 0.717) is 6.10 Å². The Morgan fingerprint density at radius 1 is 1.11 bits per heavy atom. The summed E-state index contributed by atoms with van der Waals surface area (Å²) in [6, 6.07) is 0.861. The van der Waals surface area contributed by atoms with E-state index in [0.717, 1.165) is 12.6 Å². The molecule has 0 aliphatic carbocycles. The van der Waals surface area contributed by atoms with Gasteiger partial charge in [-0.25, -0.2) is 0 Å². The third kappa shape index (κ3) is 4.52. The standard InChI is InChI=1S/C15H30N2O/c1-14(2)18-12-4-3-8-16-9-6-11-17-10-5-7-15(17)13-16/h14-15H,3-13H2,1-2H3. The van der Waals surface area contributed by atoms with Gasteiger partial charge in [-0.15, -0.1) is 0 Å². The first kappa shape index (κ1) is 14.3. The Morgan fingerprint density at radius 3 is 2.78 bits per heavy atom. The number of unbranched alkanes of at least 4 members (excludes halogenated alkanes) is 1. The van der Waals surface area contributed by atoms with E-state index in [1.54, 1.807) is 0 Å². The molecule has 2 heterocycles. The van der Waals surface area contributed by atoms with Crippen LogP contribution in [-0.2, 0) is 4.74 Å². The molecule has 106 valence electrons. The van der Waals surface area contributed by atoms with Crippen molar-refractivity contribution in [3.05, 3.63) is 0 Å². The molecule has 3 nitrogen and oxygen atoms in total. The summed E-state index contributed by atoms with van der Waals surface area (Å²) >= 11 is 0. The van der Waals surface area contributed by atoms with Gasteiger partial charge in [-0.05, 0) is 72.1 Å². The minimum atomic E-state index is 0.384. The van der Waals surface area contributed by atoms with Crippen LogP contribution < -0.4 is 0 Å². The molecule has 0 N–H and O–H groups in total. The molecule has 0 bridgehead atoms. The number of fused-ring (bicyclic) bond motifs is 1. The molecular weight excluding hydrogens is 224 g/mol. The zero-order valence-electron chi connectivity index (χ0n) is 12.2. The van der Waals surface area contributed by atoms with Gasteiger partial charge < -0.3 is 9.64 Å². The molecule has 2 aliphatic heterocycles. The van der Waals surface area contributed by atoms with Crippen LogP contribution in [0.1, 0.15) is 46.0 Å². The predicted octanol–water partition coefficient (Wildman–Crippen LogP) is 2.36. The van der Waals surface area contributed by atoms with Crippen LogP contribution in [0.15, 0.2) is 0 Å². The molecule has 0 aromatic carbocycles. The third-order valence-corrected chi connectivity index (χ3v) is 4.21. The zero-order chi connectivity index (χ0) is 12.8. The van der Waals surface area contributed by atoms with E-state index >= 15 is 0 Å². The van der Waals surface area contributed by atoms with Crippen molar-refractivity contribution < 1.29 is 4.74 Å². The van der Waals surface area contributed by atoms with Crippen molar-refractivity contribution in [3.8, 4) is 0 Å². The first-order valence-electron chi connectivity index (χ1n) is 7.83. The lowest BCUT2D eigenvalue weighted by Gasteiger charge is -2.25. The number of nitrogens with zero attached hydrogens (tertiary/aromatic N) is 2. The molecular formula is C15H30N2O. The molecule has 0 aromatic rings. The van der Waals surface area contributed by atoms with Crippen LogP contribution >= 0.6 is 0 Å². The van der Waals surface area contributed by atoms with Gasteiger partial charge in [0.25, 0.3) is 0 Å². The van der Waals surface area contributed by atoms with Gasteiger partial charge in [-0.1, -0.05) is 0 Å². The molecule has 3 heteroatoms. The minimum Gasteiger partial charge on any atom is -0.379 e. The SMILES string of the molecule is CC(C)OCCCCN1CCCN2CCCC2C1. The smallest absolute Gasteiger partial charge is 0.0518 e. The van der Waals surface area contributed by atoms with E-state index in [9.17, 15) is 0 Å². The summed E-state index contributed by atoms with van der Waals surface area (Å²) < 4.78 is 5.60. The highest BCUT2D eigenvalue weighted by molar-refractivity contribution is 4.84. The fourth-order valence-corrected chi connectivity index (χ4v) is 3.24. The van der Waals surface area contributed by atoms with E-state index in [-0.39, 0.29) is 0 Å². The number of ether oxygens (including phenoxy) is 1. The number of hydrogen-bond donors (Lipinski definition) is 0. The highest BCUT2D eigenvalue weighted by Gasteiger charge is 2.28. The van der Waals surface area contributed by atoms with E-state index in [1.807, 2.05) is 0 Å². The quantitative estimate of drug-likeness (QED) is 0.677. The maximum Gasteiger partial charge on any atom is 0.0518 e. The second-order valence-corrected chi connectivity index (χ2v) is 6.11. The fourth-order valence-electron chi connectivity index (χ4n) is 3.24. The number of hydrogen-bond acceptors (Lipinski definition) is 3. The van der Waals surface area contributed by atoms with Crippen LogP contribution in [0.3, 0.4) is 0 Å². The fraction of sp³-hybridized carbons (Fsp3) is 1.00. The molecule has 2 rings (SSSR count). The molecule has 2 aliphatic rings. The Bertz CT molecular complexity index is 233. The summed E-state index contributed by atoms with van der Waals surface area (Å²) in [5.74, 6) is 0. The van der Waals surface area contributed by atoms with Crippen LogP contribution in [0, 0.1) is 0 Å². The summed E-state index contributed by atoms with van der Waals surface area (Å²) in [5, 5.41) is 0. The van der Waals surface area contributed by atoms with E-state index in [2.05, 4.69) is 23.6 Å². The Kier molecular flexibility index (Phi) is 5.93. The molecule has 2 saturated heterocycles. The van der Waals surface area contributed by atoms with Crippen molar-refractivity contribution in [2.45, 2.75) is 58.1 Å². The maximum atomic E-state index is 5.60. The highest BCUT2D eigenvalue weighted by atomic mass is 16.5. The monoisotopic (exact) mass is 254 g/mol. The summed E-state index contributed by atoms with van der Waals surface area (Å²) in [4.78, 5) is 5.40. The van der Waals surface area contributed by atoms with Gasteiger partial charge in [-0.2, -0.15) is 0 Å². The third-order valence-electron chi connectivity index (χ3n) is 4.21. The van der Waals surface area contributed by atoms with Gasteiger partial charge in [0, 0.05) is 19.2 Å². The molecule has 0 spiro atoms. The van der Waals surface area contributed by atoms with E-state index in [4.69, 9.17) is 4.74 Å². The van der Waals surface area contributed by atoms with E-state index in [1.165, 1.54) is 64.8 Å². The van der Waals surface area contributed by atoms with Gasteiger partial charge in [0.2, 0.25) is 0 Å². The molecule has 1 unspecified atom stereocenters. The van der Waals surface area contributed by atoms with Crippen molar-refractivity contribution in [1.82, 2.24) is 9.80 Å². The Morgan fingerprint density at radius 2 is 1.94 bits per heavy atom. The van der Waals surface area contributed by atoms with Crippen LogP contribution in [-0.4, -0.2) is 61.3 Å². The number of rotatable bonds is 6. The van der Waals surface area contributed by atoms with Crippen LogP contribution in [0.2, 0.25) is 0 Å². The lowest BCUT2D eigenvalue weighted by atomic mass is 10.2. The Labute approximate surface area is 112 Å². The topological polar surface area (TPSA) is 15.7 Å². The normalized spacial score (nSPS) is 26.5. The van der Waals surface area contributed by atoms with Crippen molar-refractivity contribution in [1.29, 1.82) is 0 Å². The summed E-state index contributed by atoms with van der Waals surface area (Å²) in [5.41, 5.74) is 0. The van der Waals surface area contributed by atoms with Gasteiger partial charge in [0.1, 0.15) is 0 Å². The minimum absolute atomic E-state index is 0.384. The predicted molar refractivity (Wildman–Crippen MR) is 76.0 cm³/mol. The van der Waals surface area contributed by atoms with Gasteiger partial charge >= 0.3 is 0 Å². The van der Waals surface area contributed by atoms with Crippen molar-refractivity contribution in [2.75, 3.05) is 39.3 Å². The Balaban J connectivity index is 1.60. The average Bonchev–Trinajstić information content (AvgIpc) is 2.67. The molecule has 0 radical (unpaired) electrons. The lowest BCUT2D eigenvalue weighted by molar-refractivity contribution is 0.0740. The van der Waals surface area contributed by atoms with Crippen molar-refractivity contribution in [2.24, 2.45) is 0 Å². The molecule has 1 atom stereocenters. The van der Waals surface area contributed by atoms with Crippen molar-refractivity contribution in [3.63, 3.8) is 0 Å². The molecule has 18 heavy (non-hydrogen) atoms. The lowest BCUT2D eigenvalue weighted by Crippen LogP contribution is -2.37. The maximum absolute atomic E-state index is 5.60. The van der Waals surface area contributed by atoms with E-state index < -0.39 is 0 Å². The van der Waals surface area contributed by atoms with Crippen LogP contribution in [0.25, 0.3) is 0 Å². The largest absolute Gasteiger partial charge is 0.379 e. The zero-order valence-corrected chi connectivity index (χ0v) is 12.2. The molecule has 2 fully saturated rings. The molecule has 0 saturated carbocycles. The molecule has 0 aromatic heterocycles. The first-order valence-corrected chi connectivity index (χ1v) is 7.83. The highest BCUT2D eigenvalue weighted by Crippen LogP contribution is 2.21. The van der Waals surface area contributed by atoms with Crippen LogP contribution in [0.5, 0.6) is 0 Å². The second kappa shape index (κ2) is 7.46. The van der Waals surface area contributed by atoms with Gasteiger partial charge in [-0.3, -0.25) is 4.90 Å². The Hall–Kier alpha value is -0.120. The van der Waals surface area contributed by atoms with Crippen molar-refractivity contribution >= 4 is 0 Å². The molecule has 0 amide bonds. The average molecular weight is 254 g/mol. The summed E-state index contributed by atoms with van der Waals surface area (Å²) in [6.45, 7) is 11.7. The second-order valence-electron chi connectivity index (χ2n) is 6.11. The van der Waals surface area contributed by atoms with Crippen LogP contribution in [0.4, 0.5) is 0 Å².